The van der Waals surface area contributed by atoms with E-state index in [9.17, 15) is 4.79 Å². The third-order valence-electron chi connectivity index (χ3n) is 7.69. The van der Waals surface area contributed by atoms with Gasteiger partial charge in [-0.05, 0) is 48.6 Å². The molecule has 1 fully saturated rings. The molecular formula is C28H34N2O2. The minimum absolute atomic E-state index is 0.0919. The van der Waals surface area contributed by atoms with Gasteiger partial charge >= 0.3 is 0 Å². The van der Waals surface area contributed by atoms with Crippen LogP contribution in [0.1, 0.15) is 68.7 Å². The Kier molecular flexibility index (Phi) is 5.71. The van der Waals surface area contributed by atoms with Crippen LogP contribution in [0.4, 0.5) is 0 Å². The van der Waals surface area contributed by atoms with Gasteiger partial charge in [0.2, 0.25) is 5.91 Å². The second-order valence-electron chi connectivity index (χ2n) is 9.55. The van der Waals surface area contributed by atoms with E-state index in [0.29, 0.717) is 12.3 Å². The Bertz CT molecular complexity index is 1120. The number of nitrogens with zero attached hydrogens (tertiary/aromatic N) is 1. The lowest BCUT2D eigenvalue weighted by molar-refractivity contribution is -0.136. The number of piperidine rings is 1. The molecule has 1 saturated heterocycles. The standard InChI is InChI=1S/C28H34N2O2/c1-3-4-5-6-14-26(31)30-16-15-28(20-10-9-11-22(17-20)32-2)19-21(30)18-25-27(28)23-12-7-8-13-24(23)29-25/h7-13,17,21,29H,3-6,14-16,18-19H2,1-2H3/t21-,28-/m1/s1. The molecule has 0 radical (unpaired) electrons. The normalized spacial score (nSPS) is 22.1. The number of aromatic amines is 1. The van der Waals surface area contributed by atoms with Crippen LogP contribution >= 0.6 is 0 Å². The maximum Gasteiger partial charge on any atom is 0.222 e. The van der Waals surface area contributed by atoms with Crippen LogP contribution in [0.2, 0.25) is 0 Å². The van der Waals surface area contributed by atoms with Crippen LogP contribution in [0.25, 0.3) is 10.9 Å². The number of carbonyl (C=O) groups excluding carboxylic acids is 1. The van der Waals surface area contributed by atoms with Crippen molar-refractivity contribution in [3.63, 3.8) is 0 Å². The fourth-order valence-corrected chi connectivity index (χ4v) is 6.15. The molecule has 1 aliphatic carbocycles. The van der Waals surface area contributed by atoms with E-state index in [2.05, 4.69) is 59.3 Å². The van der Waals surface area contributed by atoms with Crippen molar-refractivity contribution in [3.05, 3.63) is 65.4 Å². The smallest absolute Gasteiger partial charge is 0.222 e. The number of para-hydroxylation sites is 1. The monoisotopic (exact) mass is 430 g/mol. The number of aromatic nitrogens is 1. The average molecular weight is 431 g/mol. The summed E-state index contributed by atoms with van der Waals surface area (Å²) < 4.78 is 5.59. The summed E-state index contributed by atoms with van der Waals surface area (Å²) in [5.74, 6) is 1.24. The highest BCUT2D eigenvalue weighted by molar-refractivity contribution is 5.87. The van der Waals surface area contributed by atoms with Gasteiger partial charge in [-0.3, -0.25) is 4.79 Å². The molecule has 4 nitrogen and oxygen atoms in total. The number of methoxy groups -OCH3 is 1. The van der Waals surface area contributed by atoms with Gasteiger partial charge in [0, 0.05) is 47.4 Å². The molecule has 2 atom stereocenters. The van der Waals surface area contributed by atoms with Gasteiger partial charge in [0.15, 0.2) is 0 Å². The molecule has 2 bridgehead atoms. The molecule has 1 aromatic heterocycles. The van der Waals surface area contributed by atoms with E-state index in [4.69, 9.17) is 4.74 Å². The van der Waals surface area contributed by atoms with E-state index >= 15 is 0 Å². The molecule has 32 heavy (non-hydrogen) atoms. The topological polar surface area (TPSA) is 45.3 Å². The van der Waals surface area contributed by atoms with Crippen LogP contribution in [0.5, 0.6) is 5.75 Å². The summed E-state index contributed by atoms with van der Waals surface area (Å²) in [5, 5.41) is 1.32. The number of unbranched alkanes of at least 4 members (excludes halogenated alkanes) is 3. The number of benzene rings is 2. The van der Waals surface area contributed by atoms with Crippen molar-refractivity contribution in [1.29, 1.82) is 0 Å². The van der Waals surface area contributed by atoms with Gasteiger partial charge in [-0.2, -0.15) is 0 Å². The average Bonchev–Trinajstić information content (AvgIpc) is 3.20. The van der Waals surface area contributed by atoms with Gasteiger partial charge < -0.3 is 14.6 Å². The number of rotatable bonds is 7. The highest BCUT2D eigenvalue weighted by Gasteiger charge is 2.49. The fraction of sp³-hybridized carbons (Fsp3) is 0.464. The summed E-state index contributed by atoms with van der Waals surface area (Å²) in [4.78, 5) is 19.1. The van der Waals surface area contributed by atoms with Crippen molar-refractivity contribution < 1.29 is 9.53 Å². The number of ether oxygens (including phenoxy) is 1. The second kappa shape index (κ2) is 8.65. The molecule has 168 valence electrons. The number of fused-ring (bicyclic) bond motifs is 6. The molecule has 4 heteroatoms. The molecule has 1 aliphatic heterocycles. The highest BCUT2D eigenvalue weighted by Crippen LogP contribution is 2.52. The summed E-state index contributed by atoms with van der Waals surface area (Å²) in [7, 11) is 1.73. The maximum absolute atomic E-state index is 13.2. The minimum atomic E-state index is -0.0919. The molecule has 3 aromatic rings. The highest BCUT2D eigenvalue weighted by atomic mass is 16.5. The lowest BCUT2D eigenvalue weighted by Crippen LogP contribution is -2.55. The summed E-state index contributed by atoms with van der Waals surface area (Å²) in [6, 6.07) is 17.5. The van der Waals surface area contributed by atoms with Gasteiger partial charge in [-0.1, -0.05) is 56.5 Å². The zero-order chi connectivity index (χ0) is 22.1. The molecule has 5 rings (SSSR count). The number of hydrogen-bond acceptors (Lipinski definition) is 2. The number of nitrogens with one attached hydrogen (secondary N) is 1. The Morgan fingerprint density at radius 3 is 2.88 bits per heavy atom. The first-order valence-electron chi connectivity index (χ1n) is 12.2. The number of H-pyrrole nitrogens is 1. The molecule has 2 heterocycles. The van der Waals surface area contributed by atoms with Gasteiger partial charge in [-0.25, -0.2) is 0 Å². The van der Waals surface area contributed by atoms with E-state index in [-0.39, 0.29) is 11.5 Å². The van der Waals surface area contributed by atoms with Crippen molar-refractivity contribution in [1.82, 2.24) is 9.88 Å². The minimum Gasteiger partial charge on any atom is -0.497 e. The van der Waals surface area contributed by atoms with E-state index in [1.54, 1.807) is 7.11 Å². The fourth-order valence-electron chi connectivity index (χ4n) is 6.15. The van der Waals surface area contributed by atoms with Gasteiger partial charge in [0.25, 0.3) is 0 Å². The first kappa shape index (κ1) is 21.1. The second-order valence-corrected chi connectivity index (χ2v) is 9.55. The summed E-state index contributed by atoms with van der Waals surface area (Å²) in [5.41, 5.74) is 5.15. The largest absolute Gasteiger partial charge is 0.497 e. The first-order chi connectivity index (χ1) is 15.7. The quantitative estimate of drug-likeness (QED) is 0.469. The first-order valence-corrected chi connectivity index (χ1v) is 12.2. The predicted octanol–water partition coefficient (Wildman–Crippen LogP) is 5.98. The molecule has 1 amide bonds. The number of hydrogen-bond donors (Lipinski definition) is 1. The molecular weight excluding hydrogens is 396 g/mol. The zero-order valence-corrected chi connectivity index (χ0v) is 19.3. The van der Waals surface area contributed by atoms with Crippen LogP contribution in [-0.4, -0.2) is 35.5 Å². The third-order valence-corrected chi connectivity index (χ3v) is 7.69. The number of amides is 1. The molecule has 1 N–H and O–H groups in total. The van der Waals surface area contributed by atoms with Crippen LogP contribution in [0, 0.1) is 0 Å². The van der Waals surface area contributed by atoms with Gasteiger partial charge in [0.1, 0.15) is 5.75 Å². The van der Waals surface area contributed by atoms with Crippen LogP contribution < -0.4 is 4.74 Å². The van der Waals surface area contributed by atoms with E-state index < -0.39 is 0 Å². The summed E-state index contributed by atoms with van der Waals surface area (Å²) >= 11 is 0. The Morgan fingerprint density at radius 1 is 1.16 bits per heavy atom. The van der Waals surface area contributed by atoms with Crippen LogP contribution in [-0.2, 0) is 16.6 Å². The lowest BCUT2D eigenvalue weighted by atomic mass is 9.61. The molecule has 2 aromatic carbocycles. The van der Waals surface area contributed by atoms with Crippen molar-refractivity contribution in [2.24, 2.45) is 0 Å². The van der Waals surface area contributed by atoms with E-state index in [1.807, 2.05) is 6.07 Å². The number of likely N-dealkylation sites (tertiary alicyclic amines) is 1. The molecule has 2 aliphatic rings. The SMILES string of the molecule is CCCCCCC(=O)N1CC[C@]2(c3cccc(OC)c3)C[C@H]1Cc1[nH]c3ccccc3c12. The molecule has 0 unspecified atom stereocenters. The van der Waals surface area contributed by atoms with Crippen molar-refractivity contribution >= 4 is 16.8 Å². The Hall–Kier alpha value is -2.75. The lowest BCUT2D eigenvalue weighted by Gasteiger charge is -2.51. The van der Waals surface area contributed by atoms with Crippen molar-refractivity contribution in [2.45, 2.75) is 69.7 Å². The van der Waals surface area contributed by atoms with E-state index in [1.165, 1.54) is 40.6 Å². The maximum atomic E-state index is 13.2. The predicted molar refractivity (Wildman–Crippen MR) is 129 cm³/mol. The van der Waals surface area contributed by atoms with E-state index in [0.717, 1.165) is 44.4 Å². The van der Waals surface area contributed by atoms with Gasteiger partial charge in [0.05, 0.1) is 7.11 Å². The number of carbonyl (C=O) groups is 1. The molecule has 0 saturated carbocycles. The zero-order valence-electron chi connectivity index (χ0n) is 19.3. The Balaban J connectivity index is 1.54. The Morgan fingerprint density at radius 2 is 2.03 bits per heavy atom. The molecule has 0 spiro atoms. The summed E-state index contributed by atoms with van der Waals surface area (Å²) in [6.45, 7) is 3.04. The third kappa shape index (κ3) is 3.50. The van der Waals surface area contributed by atoms with Crippen LogP contribution in [0.15, 0.2) is 48.5 Å². The summed E-state index contributed by atoms with van der Waals surface area (Å²) in [6.07, 6.45) is 8.11. The van der Waals surface area contributed by atoms with Gasteiger partial charge in [-0.15, -0.1) is 0 Å². The van der Waals surface area contributed by atoms with Crippen molar-refractivity contribution in [2.75, 3.05) is 13.7 Å². The Labute approximate surface area is 191 Å². The van der Waals surface area contributed by atoms with Crippen LogP contribution in [0.3, 0.4) is 0 Å². The van der Waals surface area contributed by atoms with Crippen molar-refractivity contribution in [3.8, 4) is 5.75 Å².